The van der Waals surface area contributed by atoms with Gasteiger partial charge in [-0.3, -0.25) is 4.79 Å². The maximum Gasteiger partial charge on any atom is 0.387 e. The molecule has 0 spiro atoms. The number of anilines is 1. The van der Waals surface area contributed by atoms with Gasteiger partial charge in [0.1, 0.15) is 12.4 Å². The van der Waals surface area contributed by atoms with E-state index in [9.17, 15) is 18.4 Å². The van der Waals surface area contributed by atoms with E-state index >= 15 is 0 Å². The molecule has 0 heterocycles. The zero-order valence-corrected chi connectivity index (χ0v) is 12.4. The van der Waals surface area contributed by atoms with Gasteiger partial charge >= 0.3 is 12.6 Å². The highest BCUT2D eigenvalue weighted by Crippen LogP contribution is 2.28. The molecule has 0 aromatic heterocycles. The minimum absolute atomic E-state index is 0.0913. The Labute approximate surface area is 130 Å². The summed E-state index contributed by atoms with van der Waals surface area (Å²) in [5.41, 5.74) is 0.248. The Morgan fingerprint density at radius 1 is 1.32 bits per heavy atom. The summed E-state index contributed by atoms with van der Waals surface area (Å²) in [6.45, 7) is -1.67. The van der Waals surface area contributed by atoms with Crippen molar-refractivity contribution in [2.24, 2.45) is 0 Å². The molecule has 6 nitrogen and oxygen atoms in total. The van der Waals surface area contributed by atoms with Gasteiger partial charge in [0.2, 0.25) is 0 Å². The van der Waals surface area contributed by atoms with Crippen LogP contribution in [0.1, 0.15) is 6.92 Å². The van der Waals surface area contributed by atoms with Crippen LogP contribution in [0, 0.1) is 0 Å². The van der Waals surface area contributed by atoms with E-state index in [1.807, 2.05) is 0 Å². The predicted molar refractivity (Wildman–Crippen MR) is 74.2 cm³/mol. The summed E-state index contributed by atoms with van der Waals surface area (Å²) in [7, 11) is 0. The normalized spacial score (nSPS) is 10.4. The number of amides is 1. The Kier molecular flexibility index (Phi) is 7.55. The Bertz CT molecular complexity index is 527. The van der Waals surface area contributed by atoms with Gasteiger partial charge in [-0.2, -0.15) is 8.78 Å². The van der Waals surface area contributed by atoms with Crippen molar-refractivity contribution in [3.8, 4) is 5.75 Å². The fourth-order valence-electron chi connectivity index (χ4n) is 1.34. The van der Waals surface area contributed by atoms with Gasteiger partial charge in [-0.1, -0.05) is 11.6 Å². The summed E-state index contributed by atoms with van der Waals surface area (Å²) in [5.74, 6) is -1.49. The molecule has 0 saturated heterocycles. The SMILES string of the molecule is CCOCC(=O)OCC(=O)Nc1ccc(OC(F)F)c(Cl)c1. The van der Waals surface area contributed by atoms with E-state index in [2.05, 4.69) is 14.8 Å². The van der Waals surface area contributed by atoms with Crippen LogP contribution in [0.5, 0.6) is 5.75 Å². The van der Waals surface area contributed by atoms with Crippen LogP contribution in [0.25, 0.3) is 0 Å². The van der Waals surface area contributed by atoms with E-state index in [0.29, 0.717) is 6.61 Å². The lowest BCUT2D eigenvalue weighted by atomic mass is 10.3. The number of esters is 1. The van der Waals surface area contributed by atoms with Gasteiger partial charge in [0.15, 0.2) is 6.61 Å². The molecule has 0 aliphatic heterocycles. The van der Waals surface area contributed by atoms with Crippen LogP contribution < -0.4 is 10.1 Å². The van der Waals surface area contributed by atoms with Gasteiger partial charge < -0.3 is 19.5 Å². The number of carbonyl (C=O) groups is 2. The topological polar surface area (TPSA) is 73.9 Å². The molecule has 0 saturated carbocycles. The van der Waals surface area contributed by atoms with Crippen molar-refractivity contribution in [2.75, 3.05) is 25.1 Å². The smallest absolute Gasteiger partial charge is 0.387 e. The summed E-state index contributed by atoms with van der Waals surface area (Å²) in [6.07, 6.45) is 0. The first-order valence-corrected chi connectivity index (χ1v) is 6.57. The largest absolute Gasteiger partial charge is 0.454 e. The highest BCUT2D eigenvalue weighted by Gasteiger charge is 2.11. The second kappa shape index (κ2) is 9.16. The first-order chi connectivity index (χ1) is 10.4. The zero-order chi connectivity index (χ0) is 16.5. The third-order valence-corrected chi connectivity index (χ3v) is 2.52. The van der Waals surface area contributed by atoms with Crippen molar-refractivity contribution >= 4 is 29.2 Å². The molecule has 1 aromatic carbocycles. The second-order valence-electron chi connectivity index (χ2n) is 3.87. The minimum Gasteiger partial charge on any atom is -0.454 e. The van der Waals surface area contributed by atoms with Crippen LogP contribution in [0.2, 0.25) is 5.02 Å². The van der Waals surface area contributed by atoms with Crippen LogP contribution >= 0.6 is 11.6 Å². The molecule has 0 radical (unpaired) electrons. The van der Waals surface area contributed by atoms with Gasteiger partial charge in [0, 0.05) is 12.3 Å². The van der Waals surface area contributed by atoms with Crippen LogP contribution in [0.4, 0.5) is 14.5 Å². The van der Waals surface area contributed by atoms with E-state index in [0.717, 1.165) is 0 Å². The van der Waals surface area contributed by atoms with Gasteiger partial charge in [0.05, 0.1) is 5.02 Å². The van der Waals surface area contributed by atoms with Gasteiger partial charge in [-0.05, 0) is 25.1 Å². The van der Waals surface area contributed by atoms with Crippen molar-refractivity contribution in [3.63, 3.8) is 0 Å². The van der Waals surface area contributed by atoms with Gasteiger partial charge in [-0.15, -0.1) is 0 Å². The summed E-state index contributed by atoms with van der Waals surface area (Å²) in [4.78, 5) is 22.7. The molecule has 9 heteroatoms. The molecule has 0 fully saturated rings. The standard InChI is InChI=1S/C13H14ClF2NO5/c1-2-20-7-12(19)21-6-11(18)17-8-3-4-10(9(14)5-8)22-13(15)16/h3-5,13H,2,6-7H2,1H3,(H,17,18). The Balaban J connectivity index is 2.47. The predicted octanol–water partition coefficient (Wildman–Crippen LogP) is 2.46. The number of carbonyl (C=O) groups excluding carboxylic acids is 2. The fourth-order valence-corrected chi connectivity index (χ4v) is 1.57. The summed E-state index contributed by atoms with van der Waals surface area (Å²) in [6, 6.07) is 3.74. The number of benzene rings is 1. The monoisotopic (exact) mass is 337 g/mol. The maximum absolute atomic E-state index is 12.1. The highest BCUT2D eigenvalue weighted by molar-refractivity contribution is 6.32. The average molecular weight is 338 g/mol. The molecule has 122 valence electrons. The molecule has 0 aliphatic carbocycles. The number of nitrogens with one attached hydrogen (secondary N) is 1. The van der Waals surface area contributed by atoms with Crippen LogP contribution in [0.3, 0.4) is 0 Å². The van der Waals surface area contributed by atoms with Crippen molar-refractivity contribution in [1.29, 1.82) is 0 Å². The molecule has 1 N–H and O–H groups in total. The third kappa shape index (κ3) is 6.68. The third-order valence-electron chi connectivity index (χ3n) is 2.22. The van der Waals surface area contributed by atoms with Crippen LogP contribution in [-0.2, 0) is 19.1 Å². The van der Waals surface area contributed by atoms with Gasteiger partial charge in [-0.25, -0.2) is 4.79 Å². The molecule has 0 bridgehead atoms. The lowest BCUT2D eigenvalue weighted by molar-refractivity contribution is -0.151. The van der Waals surface area contributed by atoms with Crippen molar-refractivity contribution < 1.29 is 32.6 Å². The van der Waals surface area contributed by atoms with E-state index in [-0.39, 0.29) is 23.1 Å². The van der Waals surface area contributed by atoms with Crippen molar-refractivity contribution in [2.45, 2.75) is 13.5 Å². The van der Waals surface area contributed by atoms with Crippen LogP contribution in [0.15, 0.2) is 18.2 Å². The summed E-state index contributed by atoms with van der Waals surface area (Å²) >= 11 is 5.73. The van der Waals surface area contributed by atoms with E-state index in [1.165, 1.54) is 18.2 Å². The van der Waals surface area contributed by atoms with Crippen molar-refractivity contribution in [1.82, 2.24) is 0 Å². The summed E-state index contributed by atoms with van der Waals surface area (Å²) in [5, 5.41) is 2.30. The van der Waals surface area contributed by atoms with E-state index in [4.69, 9.17) is 16.3 Å². The number of hydrogen-bond acceptors (Lipinski definition) is 5. The lowest BCUT2D eigenvalue weighted by Crippen LogP contribution is -2.22. The Morgan fingerprint density at radius 3 is 2.64 bits per heavy atom. The Hall–Kier alpha value is -1.93. The molecule has 22 heavy (non-hydrogen) atoms. The second-order valence-corrected chi connectivity index (χ2v) is 4.28. The average Bonchev–Trinajstić information content (AvgIpc) is 2.45. The van der Waals surface area contributed by atoms with Gasteiger partial charge in [0.25, 0.3) is 5.91 Å². The first kappa shape index (κ1) is 18.1. The highest BCUT2D eigenvalue weighted by atomic mass is 35.5. The molecule has 1 rings (SSSR count). The molecular formula is C13H14ClF2NO5. The molecule has 0 unspecified atom stereocenters. The molecule has 0 aliphatic rings. The Morgan fingerprint density at radius 2 is 2.05 bits per heavy atom. The number of halogens is 3. The first-order valence-electron chi connectivity index (χ1n) is 6.20. The number of alkyl halides is 2. The molecule has 1 amide bonds. The number of rotatable bonds is 8. The molecule has 1 aromatic rings. The fraction of sp³-hybridized carbons (Fsp3) is 0.385. The van der Waals surface area contributed by atoms with E-state index in [1.54, 1.807) is 6.92 Å². The minimum atomic E-state index is -3.00. The number of hydrogen-bond donors (Lipinski definition) is 1. The lowest BCUT2D eigenvalue weighted by Gasteiger charge is -2.10. The quantitative estimate of drug-likeness (QED) is 0.738. The molecular weight excluding hydrogens is 324 g/mol. The molecule has 0 atom stereocenters. The number of ether oxygens (including phenoxy) is 3. The zero-order valence-electron chi connectivity index (χ0n) is 11.6. The maximum atomic E-state index is 12.1. The summed E-state index contributed by atoms with van der Waals surface area (Å²) < 4.78 is 37.8. The van der Waals surface area contributed by atoms with Crippen LogP contribution in [-0.4, -0.2) is 38.3 Å². The van der Waals surface area contributed by atoms with Crippen molar-refractivity contribution in [3.05, 3.63) is 23.2 Å². The van der Waals surface area contributed by atoms with E-state index < -0.39 is 25.1 Å².